The number of allylic oxidation sites excluding steroid dienone is 1. The molecule has 1 aliphatic rings. The van der Waals surface area contributed by atoms with Crippen molar-refractivity contribution in [2.24, 2.45) is 4.99 Å². The average Bonchev–Trinajstić information content (AvgIpc) is 3.44. The Balaban J connectivity index is 1.63. The summed E-state index contributed by atoms with van der Waals surface area (Å²) in [6, 6.07) is 15.8. The lowest BCUT2D eigenvalue weighted by Crippen LogP contribution is -2.40. The SMILES string of the molecule is COC(=O)c1ccc(-n2c(C)cc(/C=c3/sc4n(c3=O)[C@@H](c3ccc(OC)cc3)C(C(=O)OC(C)C)=C(C)N=4)c2C)cc1. The first kappa shape index (κ1) is 29.8. The number of fused-ring (bicyclic) bond motifs is 1. The van der Waals surface area contributed by atoms with Gasteiger partial charge in [0.05, 0.1) is 47.7 Å². The highest BCUT2D eigenvalue weighted by Crippen LogP contribution is 2.32. The smallest absolute Gasteiger partial charge is 0.338 e. The van der Waals surface area contributed by atoms with Crippen molar-refractivity contribution in [3.8, 4) is 11.4 Å². The lowest BCUT2D eigenvalue weighted by atomic mass is 9.96. The molecule has 10 heteroatoms. The molecule has 1 aliphatic heterocycles. The van der Waals surface area contributed by atoms with Crippen molar-refractivity contribution in [1.82, 2.24) is 9.13 Å². The van der Waals surface area contributed by atoms with E-state index >= 15 is 0 Å². The first-order valence-corrected chi connectivity index (χ1v) is 14.6. The number of aromatic nitrogens is 2. The number of benzene rings is 2. The Morgan fingerprint density at radius 3 is 2.26 bits per heavy atom. The van der Waals surface area contributed by atoms with E-state index in [2.05, 4.69) is 9.56 Å². The van der Waals surface area contributed by atoms with Gasteiger partial charge in [-0.1, -0.05) is 23.5 Å². The minimum absolute atomic E-state index is 0.251. The van der Waals surface area contributed by atoms with Gasteiger partial charge in [-0.2, -0.15) is 0 Å². The molecule has 0 radical (unpaired) electrons. The van der Waals surface area contributed by atoms with Gasteiger partial charge in [0.1, 0.15) is 5.75 Å². The predicted octanol–water partition coefficient (Wildman–Crippen LogP) is 4.39. The molecule has 0 amide bonds. The number of hydrogen-bond donors (Lipinski definition) is 0. The summed E-state index contributed by atoms with van der Waals surface area (Å²) in [5, 5.41) is 0. The molecule has 0 bridgehead atoms. The third kappa shape index (κ3) is 5.58. The van der Waals surface area contributed by atoms with Crippen LogP contribution >= 0.6 is 11.3 Å². The number of carbonyl (C=O) groups excluding carboxylic acids is 2. The Morgan fingerprint density at radius 2 is 1.65 bits per heavy atom. The van der Waals surface area contributed by atoms with E-state index < -0.39 is 18.0 Å². The van der Waals surface area contributed by atoms with Gasteiger partial charge in [-0.15, -0.1) is 0 Å². The highest BCUT2D eigenvalue weighted by molar-refractivity contribution is 7.07. The molecule has 0 unspecified atom stereocenters. The van der Waals surface area contributed by atoms with Gasteiger partial charge in [-0.05, 0) is 94.3 Å². The van der Waals surface area contributed by atoms with Crippen LogP contribution in [0, 0.1) is 13.8 Å². The maximum atomic E-state index is 14.1. The Kier molecular flexibility index (Phi) is 8.23. The number of carbonyl (C=O) groups is 2. The number of thiazole rings is 1. The summed E-state index contributed by atoms with van der Waals surface area (Å²) < 4.78 is 19.9. The van der Waals surface area contributed by atoms with E-state index in [0.717, 1.165) is 28.2 Å². The van der Waals surface area contributed by atoms with Gasteiger partial charge in [0, 0.05) is 17.1 Å². The minimum atomic E-state index is -0.712. The number of methoxy groups -OCH3 is 2. The fourth-order valence-electron chi connectivity index (χ4n) is 5.30. The molecule has 4 aromatic rings. The molecule has 5 rings (SSSR count). The van der Waals surface area contributed by atoms with E-state index in [1.165, 1.54) is 18.4 Å². The third-order valence-electron chi connectivity index (χ3n) is 7.32. The van der Waals surface area contributed by atoms with E-state index in [9.17, 15) is 14.4 Å². The summed E-state index contributed by atoms with van der Waals surface area (Å²) in [5.41, 5.74) is 5.44. The summed E-state index contributed by atoms with van der Waals surface area (Å²) in [4.78, 5) is 44.4. The molecule has 1 atom stereocenters. The second-order valence-electron chi connectivity index (χ2n) is 10.5. The van der Waals surface area contributed by atoms with Gasteiger partial charge in [0.25, 0.3) is 5.56 Å². The molecule has 222 valence electrons. The molecule has 9 nitrogen and oxygen atoms in total. The minimum Gasteiger partial charge on any atom is -0.497 e. The van der Waals surface area contributed by atoms with Crippen LogP contribution in [0.3, 0.4) is 0 Å². The summed E-state index contributed by atoms with van der Waals surface area (Å²) in [6.07, 6.45) is 1.53. The monoisotopic (exact) mass is 599 g/mol. The topological polar surface area (TPSA) is 101 Å². The van der Waals surface area contributed by atoms with E-state index in [-0.39, 0.29) is 11.7 Å². The zero-order valence-corrected chi connectivity index (χ0v) is 25.9. The first-order chi connectivity index (χ1) is 20.5. The zero-order chi connectivity index (χ0) is 31.0. The zero-order valence-electron chi connectivity index (χ0n) is 25.1. The maximum Gasteiger partial charge on any atom is 0.338 e. The summed E-state index contributed by atoms with van der Waals surface area (Å²) in [5.74, 6) is -0.237. The molecule has 2 aromatic carbocycles. The molecule has 0 aliphatic carbocycles. The number of esters is 2. The van der Waals surface area contributed by atoms with Gasteiger partial charge in [0.15, 0.2) is 4.80 Å². The van der Waals surface area contributed by atoms with Crippen LogP contribution in [-0.2, 0) is 14.3 Å². The third-order valence-corrected chi connectivity index (χ3v) is 8.30. The molecule has 0 spiro atoms. The van der Waals surface area contributed by atoms with Crippen LogP contribution in [0.4, 0.5) is 0 Å². The second-order valence-corrected chi connectivity index (χ2v) is 11.5. The molecule has 43 heavy (non-hydrogen) atoms. The average molecular weight is 600 g/mol. The van der Waals surface area contributed by atoms with Crippen LogP contribution in [0.5, 0.6) is 5.75 Å². The Hall–Kier alpha value is -4.70. The number of hydrogen-bond acceptors (Lipinski definition) is 8. The van der Waals surface area contributed by atoms with E-state index in [1.54, 1.807) is 56.7 Å². The molecule has 3 heterocycles. The standard InChI is InChI=1S/C33H33N3O6S/c1-18(2)42-32(39)28-20(4)34-33-36(29(28)22-10-14-26(40-6)15-11-22)30(37)27(43-33)17-24-16-19(3)35(21(24)5)25-12-8-23(9-13-25)31(38)41-7/h8-18,29H,1-7H3/b27-17+/t29-/m0/s1. The van der Waals surface area contributed by atoms with Crippen molar-refractivity contribution in [3.05, 3.63) is 114 Å². The normalized spacial score (nSPS) is 14.9. The van der Waals surface area contributed by atoms with Crippen molar-refractivity contribution in [2.75, 3.05) is 14.2 Å². The van der Waals surface area contributed by atoms with Gasteiger partial charge < -0.3 is 18.8 Å². The number of nitrogens with zero attached hydrogens (tertiary/aromatic N) is 3. The Bertz CT molecular complexity index is 1930. The maximum absolute atomic E-state index is 14.1. The van der Waals surface area contributed by atoms with Gasteiger partial charge in [0.2, 0.25) is 0 Å². The molecular weight excluding hydrogens is 566 g/mol. The van der Waals surface area contributed by atoms with Gasteiger partial charge in [-0.3, -0.25) is 9.36 Å². The molecule has 0 fully saturated rings. The van der Waals surface area contributed by atoms with Crippen molar-refractivity contribution >= 4 is 29.4 Å². The van der Waals surface area contributed by atoms with Crippen molar-refractivity contribution < 1.29 is 23.8 Å². The van der Waals surface area contributed by atoms with Crippen LogP contribution in [0.2, 0.25) is 0 Å². The number of aryl methyl sites for hydroxylation is 1. The lowest BCUT2D eigenvalue weighted by Gasteiger charge is -2.25. The van der Waals surface area contributed by atoms with Gasteiger partial charge in [-0.25, -0.2) is 14.6 Å². The largest absolute Gasteiger partial charge is 0.497 e. The van der Waals surface area contributed by atoms with E-state index in [4.69, 9.17) is 14.2 Å². The number of ether oxygens (including phenoxy) is 3. The summed E-state index contributed by atoms with van der Waals surface area (Å²) in [7, 11) is 2.94. The second kappa shape index (κ2) is 11.9. The molecular formula is C33H33N3O6S. The molecule has 0 saturated heterocycles. The van der Waals surface area contributed by atoms with E-state index in [0.29, 0.717) is 31.9 Å². The van der Waals surface area contributed by atoms with Crippen LogP contribution in [0.25, 0.3) is 11.8 Å². The fraction of sp³-hybridized carbons (Fsp3) is 0.273. The van der Waals surface area contributed by atoms with Crippen molar-refractivity contribution in [2.45, 2.75) is 46.8 Å². The summed E-state index contributed by atoms with van der Waals surface area (Å²) >= 11 is 1.28. The van der Waals surface area contributed by atoms with Gasteiger partial charge >= 0.3 is 11.9 Å². The van der Waals surface area contributed by atoms with E-state index in [1.807, 2.05) is 50.3 Å². The lowest BCUT2D eigenvalue weighted by molar-refractivity contribution is -0.143. The predicted molar refractivity (Wildman–Crippen MR) is 165 cm³/mol. The quantitative estimate of drug-likeness (QED) is 0.292. The number of rotatable bonds is 7. The van der Waals surface area contributed by atoms with Crippen LogP contribution in [0.1, 0.15) is 59.7 Å². The molecule has 0 N–H and O–H groups in total. The van der Waals surface area contributed by atoms with Crippen LogP contribution in [-0.4, -0.2) is 41.4 Å². The molecule has 2 aromatic heterocycles. The fourth-order valence-corrected chi connectivity index (χ4v) is 6.34. The highest BCUT2D eigenvalue weighted by atomic mass is 32.1. The van der Waals surface area contributed by atoms with Crippen molar-refractivity contribution in [1.29, 1.82) is 0 Å². The Morgan fingerprint density at radius 1 is 0.977 bits per heavy atom. The van der Waals surface area contributed by atoms with Crippen molar-refractivity contribution in [3.63, 3.8) is 0 Å². The first-order valence-electron chi connectivity index (χ1n) is 13.8. The van der Waals surface area contributed by atoms with Crippen LogP contribution in [0.15, 0.2) is 75.7 Å². The Labute approximate surface area is 253 Å². The molecule has 0 saturated carbocycles. The highest BCUT2D eigenvalue weighted by Gasteiger charge is 2.34. The summed E-state index contributed by atoms with van der Waals surface area (Å²) in [6.45, 7) is 9.31. The van der Waals surface area contributed by atoms with Crippen LogP contribution < -0.4 is 19.6 Å².